The van der Waals surface area contributed by atoms with Crippen molar-refractivity contribution in [2.75, 3.05) is 32.8 Å². The molecule has 2 aromatic heterocycles. The molecule has 0 radical (unpaired) electrons. The number of aryl methyl sites for hydroxylation is 1. The van der Waals surface area contributed by atoms with Gasteiger partial charge in [-0.3, -0.25) is 4.79 Å². The highest BCUT2D eigenvalue weighted by molar-refractivity contribution is 7.89. The van der Waals surface area contributed by atoms with Gasteiger partial charge in [-0.1, -0.05) is 13.8 Å². The third kappa shape index (κ3) is 4.77. The summed E-state index contributed by atoms with van der Waals surface area (Å²) in [7, 11) is -1.80. The molecule has 1 N–H and O–H groups in total. The summed E-state index contributed by atoms with van der Waals surface area (Å²) in [5.41, 5.74) is 1.98. The van der Waals surface area contributed by atoms with Crippen LogP contribution in [0.2, 0.25) is 0 Å². The van der Waals surface area contributed by atoms with Crippen LogP contribution in [0.4, 0.5) is 0 Å². The summed E-state index contributed by atoms with van der Waals surface area (Å²) in [5, 5.41) is 0.637. The van der Waals surface area contributed by atoms with E-state index in [1.165, 1.54) is 11.3 Å². The Labute approximate surface area is 182 Å². The SMILES string of the molecule is Cc1nc(-c2cc(S(=O)(=O)NCCC(C)C)c(C)n2C)sc1C(=O)N1CCOCC1. The molecule has 0 atom stereocenters. The molecule has 166 valence electrons. The Hall–Kier alpha value is -1.75. The van der Waals surface area contributed by atoms with Crippen molar-refractivity contribution in [2.45, 2.75) is 39.0 Å². The number of ether oxygens (including phenoxy) is 1. The van der Waals surface area contributed by atoms with E-state index in [-0.39, 0.29) is 10.8 Å². The van der Waals surface area contributed by atoms with E-state index in [1.807, 2.05) is 18.5 Å². The molecule has 30 heavy (non-hydrogen) atoms. The second-order valence-electron chi connectivity index (χ2n) is 7.96. The molecule has 0 bridgehead atoms. The van der Waals surface area contributed by atoms with Gasteiger partial charge in [-0.25, -0.2) is 18.1 Å². The van der Waals surface area contributed by atoms with Gasteiger partial charge in [0.05, 0.1) is 24.6 Å². The second kappa shape index (κ2) is 9.17. The summed E-state index contributed by atoms with van der Waals surface area (Å²) in [4.78, 5) is 20.1. The van der Waals surface area contributed by atoms with Gasteiger partial charge < -0.3 is 14.2 Å². The van der Waals surface area contributed by atoms with Crippen LogP contribution in [-0.4, -0.2) is 61.6 Å². The second-order valence-corrected chi connectivity index (χ2v) is 10.7. The zero-order valence-corrected chi connectivity index (χ0v) is 19.8. The average molecular weight is 455 g/mol. The summed E-state index contributed by atoms with van der Waals surface area (Å²) in [6, 6.07) is 1.65. The Morgan fingerprint density at radius 2 is 1.97 bits per heavy atom. The summed E-state index contributed by atoms with van der Waals surface area (Å²) in [6.07, 6.45) is 0.774. The highest BCUT2D eigenvalue weighted by Gasteiger charge is 2.27. The van der Waals surface area contributed by atoms with Gasteiger partial charge in [0.2, 0.25) is 10.0 Å². The van der Waals surface area contributed by atoms with Crippen LogP contribution < -0.4 is 4.72 Å². The van der Waals surface area contributed by atoms with Crippen molar-refractivity contribution in [3.63, 3.8) is 0 Å². The predicted molar refractivity (Wildman–Crippen MR) is 117 cm³/mol. The highest BCUT2D eigenvalue weighted by Crippen LogP contribution is 2.33. The van der Waals surface area contributed by atoms with E-state index in [0.717, 1.165) is 6.42 Å². The van der Waals surface area contributed by atoms with E-state index in [1.54, 1.807) is 17.9 Å². The smallest absolute Gasteiger partial charge is 0.266 e. The van der Waals surface area contributed by atoms with Gasteiger partial charge in [0.1, 0.15) is 14.8 Å². The third-order valence-corrected chi connectivity index (χ3v) is 8.04. The number of amides is 1. The molecule has 0 aliphatic carbocycles. The van der Waals surface area contributed by atoms with E-state index in [9.17, 15) is 13.2 Å². The predicted octanol–water partition coefficient (Wildman–Crippen LogP) is 2.56. The van der Waals surface area contributed by atoms with Crippen LogP contribution in [0.3, 0.4) is 0 Å². The molecular weight excluding hydrogens is 424 g/mol. The van der Waals surface area contributed by atoms with Gasteiger partial charge in [-0.05, 0) is 32.3 Å². The summed E-state index contributed by atoms with van der Waals surface area (Å²) in [6.45, 7) is 10.3. The molecule has 0 aromatic carbocycles. The van der Waals surface area contributed by atoms with Gasteiger partial charge in [0, 0.05) is 32.4 Å². The Morgan fingerprint density at radius 1 is 1.30 bits per heavy atom. The number of morpholine rings is 1. The Morgan fingerprint density at radius 3 is 2.60 bits per heavy atom. The third-order valence-electron chi connectivity index (χ3n) is 5.30. The van der Waals surface area contributed by atoms with Crippen LogP contribution in [0.15, 0.2) is 11.0 Å². The van der Waals surface area contributed by atoms with E-state index in [0.29, 0.717) is 65.7 Å². The number of sulfonamides is 1. The largest absolute Gasteiger partial charge is 0.378 e. The minimum absolute atomic E-state index is 0.0475. The van der Waals surface area contributed by atoms with Crippen LogP contribution in [0.25, 0.3) is 10.7 Å². The molecule has 0 unspecified atom stereocenters. The molecule has 1 aliphatic rings. The minimum atomic E-state index is -3.62. The van der Waals surface area contributed by atoms with Crippen LogP contribution >= 0.6 is 11.3 Å². The summed E-state index contributed by atoms with van der Waals surface area (Å²) < 4.78 is 35.4. The van der Waals surface area contributed by atoms with Gasteiger partial charge in [0.25, 0.3) is 5.91 Å². The first-order valence-corrected chi connectivity index (χ1v) is 12.4. The van der Waals surface area contributed by atoms with Crippen molar-refractivity contribution in [3.05, 3.63) is 22.3 Å². The van der Waals surface area contributed by atoms with E-state index < -0.39 is 10.0 Å². The van der Waals surface area contributed by atoms with Gasteiger partial charge >= 0.3 is 0 Å². The minimum Gasteiger partial charge on any atom is -0.378 e. The standard InChI is InChI=1S/C20H30N4O4S2/c1-13(2)6-7-21-30(26,27)17-12-16(23(5)15(17)4)19-22-14(3)18(29-19)20(25)24-8-10-28-11-9-24/h12-13,21H,6-11H2,1-5H3. The number of thiazole rings is 1. The Balaban J connectivity index is 1.88. The van der Waals surface area contributed by atoms with Crippen molar-refractivity contribution in [1.82, 2.24) is 19.2 Å². The summed E-state index contributed by atoms with van der Waals surface area (Å²) in [5.74, 6) is 0.370. The van der Waals surface area contributed by atoms with E-state index in [2.05, 4.69) is 23.6 Å². The van der Waals surface area contributed by atoms with Gasteiger partial charge in [-0.2, -0.15) is 0 Å². The fourth-order valence-corrected chi connectivity index (χ4v) is 5.74. The zero-order chi connectivity index (χ0) is 22.1. The number of carbonyl (C=O) groups excluding carboxylic acids is 1. The monoisotopic (exact) mass is 454 g/mol. The van der Waals surface area contributed by atoms with E-state index in [4.69, 9.17) is 4.74 Å². The maximum Gasteiger partial charge on any atom is 0.266 e. The van der Waals surface area contributed by atoms with Crippen molar-refractivity contribution in [2.24, 2.45) is 13.0 Å². The number of rotatable bonds is 7. The fraction of sp³-hybridized carbons (Fsp3) is 0.600. The molecule has 8 nitrogen and oxygen atoms in total. The Bertz CT molecular complexity index is 1020. The Kier molecular flexibility index (Phi) is 7.01. The topological polar surface area (TPSA) is 93.5 Å². The van der Waals surface area contributed by atoms with Crippen molar-refractivity contribution in [3.8, 4) is 10.7 Å². The molecule has 1 amide bonds. The first-order valence-electron chi connectivity index (χ1n) is 10.1. The normalized spacial score (nSPS) is 15.2. The van der Waals surface area contributed by atoms with Crippen LogP contribution in [-0.2, 0) is 21.8 Å². The fourth-order valence-electron chi connectivity index (χ4n) is 3.32. The van der Waals surface area contributed by atoms with Gasteiger partial charge in [0.15, 0.2) is 0 Å². The number of nitrogens with one attached hydrogen (secondary N) is 1. The van der Waals surface area contributed by atoms with Crippen molar-refractivity contribution >= 4 is 27.3 Å². The van der Waals surface area contributed by atoms with Gasteiger partial charge in [-0.15, -0.1) is 11.3 Å². The first kappa shape index (κ1) is 22.9. The molecule has 0 saturated carbocycles. The summed E-state index contributed by atoms with van der Waals surface area (Å²) >= 11 is 1.30. The lowest BCUT2D eigenvalue weighted by atomic mass is 10.1. The molecule has 2 aromatic rings. The zero-order valence-electron chi connectivity index (χ0n) is 18.2. The first-order chi connectivity index (χ1) is 14.1. The lowest BCUT2D eigenvalue weighted by Gasteiger charge is -2.26. The van der Waals surface area contributed by atoms with Crippen LogP contribution in [0.1, 0.15) is 41.3 Å². The lowest BCUT2D eigenvalue weighted by Crippen LogP contribution is -2.40. The average Bonchev–Trinajstić information content (AvgIpc) is 3.22. The highest BCUT2D eigenvalue weighted by atomic mass is 32.2. The molecule has 10 heteroatoms. The van der Waals surface area contributed by atoms with E-state index >= 15 is 0 Å². The number of hydrogen-bond donors (Lipinski definition) is 1. The molecule has 3 rings (SSSR count). The molecule has 1 fully saturated rings. The maximum atomic E-state index is 12.9. The number of carbonyl (C=O) groups is 1. The van der Waals surface area contributed by atoms with Crippen LogP contribution in [0, 0.1) is 19.8 Å². The van der Waals surface area contributed by atoms with Crippen molar-refractivity contribution < 1.29 is 17.9 Å². The molecule has 1 saturated heterocycles. The number of nitrogens with zero attached hydrogens (tertiary/aromatic N) is 3. The molecular formula is C20H30N4O4S2. The van der Waals surface area contributed by atoms with Crippen molar-refractivity contribution in [1.29, 1.82) is 0 Å². The molecule has 0 spiro atoms. The van der Waals surface area contributed by atoms with Crippen LogP contribution in [0.5, 0.6) is 0 Å². The number of hydrogen-bond acceptors (Lipinski definition) is 6. The maximum absolute atomic E-state index is 12.9. The lowest BCUT2D eigenvalue weighted by molar-refractivity contribution is 0.0305. The molecule has 3 heterocycles. The quantitative estimate of drug-likeness (QED) is 0.694. The number of aromatic nitrogens is 2. The molecule has 1 aliphatic heterocycles.